The monoisotopic (exact) mass is 301 g/mol. The number of pyridine rings is 1. The number of carbonyl (C=O) groups excluding carboxylic acids is 1. The van der Waals surface area contributed by atoms with Gasteiger partial charge in [-0.1, -0.05) is 6.07 Å². The summed E-state index contributed by atoms with van der Waals surface area (Å²) in [6.07, 6.45) is 4.37. The van der Waals surface area contributed by atoms with E-state index in [1.54, 1.807) is 31.5 Å². The van der Waals surface area contributed by atoms with Crippen molar-refractivity contribution in [2.45, 2.75) is 13.3 Å². The maximum Gasteiger partial charge on any atom is 0.238 e. The number of aryl methyl sites for hydroxylation is 1. The molecule has 0 spiro atoms. The number of nitrogens with one attached hydrogen (secondary N) is 1. The first-order valence-corrected chi connectivity index (χ1v) is 7.18. The average Bonchev–Trinajstić information content (AvgIpc) is 2.50. The van der Waals surface area contributed by atoms with Crippen LogP contribution in [0.15, 0.2) is 42.7 Å². The van der Waals surface area contributed by atoms with E-state index in [4.69, 9.17) is 0 Å². The summed E-state index contributed by atoms with van der Waals surface area (Å²) in [7, 11) is 1.89. The highest BCUT2D eigenvalue weighted by Gasteiger charge is 2.08. The van der Waals surface area contributed by atoms with Gasteiger partial charge >= 0.3 is 0 Å². The molecule has 1 aromatic carbocycles. The number of benzene rings is 1. The minimum atomic E-state index is -0.316. The third-order valence-corrected chi connectivity index (χ3v) is 3.40. The van der Waals surface area contributed by atoms with Gasteiger partial charge in [-0.3, -0.25) is 14.7 Å². The van der Waals surface area contributed by atoms with Crippen molar-refractivity contribution >= 4 is 11.6 Å². The number of halogens is 1. The molecule has 0 aliphatic carbocycles. The Morgan fingerprint density at radius 2 is 2.00 bits per heavy atom. The van der Waals surface area contributed by atoms with Gasteiger partial charge in [0.15, 0.2) is 0 Å². The van der Waals surface area contributed by atoms with Crippen LogP contribution in [0.25, 0.3) is 0 Å². The van der Waals surface area contributed by atoms with Crippen LogP contribution in [-0.4, -0.2) is 35.9 Å². The highest BCUT2D eigenvalue weighted by molar-refractivity contribution is 5.92. The first-order valence-electron chi connectivity index (χ1n) is 7.18. The predicted octanol–water partition coefficient (Wildman–Crippen LogP) is 2.64. The van der Waals surface area contributed by atoms with Crippen molar-refractivity contribution in [2.75, 3.05) is 25.5 Å². The summed E-state index contributed by atoms with van der Waals surface area (Å²) >= 11 is 0. The van der Waals surface area contributed by atoms with Crippen LogP contribution in [0.1, 0.15) is 11.1 Å². The highest BCUT2D eigenvalue weighted by atomic mass is 19.1. The van der Waals surface area contributed by atoms with E-state index in [1.807, 2.05) is 24.1 Å². The van der Waals surface area contributed by atoms with Gasteiger partial charge in [-0.2, -0.15) is 0 Å². The quantitative estimate of drug-likeness (QED) is 0.892. The minimum Gasteiger partial charge on any atom is -0.325 e. The third-order valence-electron chi connectivity index (χ3n) is 3.40. The van der Waals surface area contributed by atoms with Crippen molar-refractivity contribution in [3.8, 4) is 0 Å². The van der Waals surface area contributed by atoms with Gasteiger partial charge in [0.1, 0.15) is 5.82 Å². The molecule has 0 fully saturated rings. The van der Waals surface area contributed by atoms with Crippen molar-refractivity contribution in [2.24, 2.45) is 0 Å². The van der Waals surface area contributed by atoms with Gasteiger partial charge in [-0.25, -0.2) is 4.39 Å². The zero-order chi connectivity index (χ0) is 15.9. The zero-order valence-electron chi connectivity index (χ0n) is 12.8. The molecule has 0 aliphatic heterocycles. The van der Waals surface area contributed by atoms with Gasteiger partial charge in [-0.15, -0.1) is 0 Å². The lowest BCUT2D eigenvalue weighted by Crippen LogP contribution is -2.31. The Bertz CT molecular complexity index is 631. The maximum absolute atomic E-state index is 13.4. The Kier molecular flexibility index (Phi) is 5.61. The molecule has 0 bridgehead atoms. The van der Waals surface area contributed by atoms with Crippen LogP contribution in [0.2, 0.25) is 0 Å². The van der Waals surface area contributed by atoms with Crippen molar-refractivity contribution in [3.63, 3.8) is 0 Å². The summed E-state index contributed by atoms with van der Waals surface area (Å²) in [5, 5.41) is 2.71. The molecule has 2 rings (SSSR count). The molecule has 0 unspecified atom stereocenters. The van der Waals surface area contributed by atoms with Crippen molar-refractivity contribution < 1.29 is 9.18 Å². The molecule has 4 nitrogen and oxygen atoms in total. The third kappa shape index (κ3) is 4.93. The van der Waals surface area contributed by atoms with Crippen LogP contribution in [0.4, 0.5) is 10.1 Å². The number of hydrogen-bond acceptors (Lipinski definition) is 3. The number of rotatable bonds is 6. The lowest BCUT2D eigenvalue weighted by Gasteiger charge is -2.16. The van der Waals surface area contributed by atoms with Crippen molar-refractivity contribution in [3.05, 3.63) is 59.7 Å². The molecule has 2 aromatic rings. The molecule has 22 heavy (non-hydrogen) atoms. The summed E-state index contributed by atoms with van der Waals surface area (Å²) < 4.78 is 13.4. The smallest absolute Gasteiger partial charge is 0.238 e. The Morgan fingerprint density at radius 1 is 1.27 bits per heavy atom. The largest absolute Gasteiger partial charge is 0.325 e. The van der Waals surface area contributed by atoms with E-state index in [-0.39, 0.29) is 18.3 Å². The minimum absolute atomic E-state index is 0.152. The molecule has 0 saturated heterocycles. The lowest BCUT2D eigenvalue weighted by molar-refractivity contribution is -0.117. The number of anilines is 1. The van der Waals surface area contributed by atoms with Gasteiger partial charge in [-0.05, 0) is 55.8 Å². The zero-order valence-corrected chi connectivity index (χ0v) is 12.8. The number of likely N-dealkylation sites (N-methyl/N-ethyl adjacent to an activating group) is 1. The number of amides is 1. The van der Waals surface area contributed by atoms with Crippen molar-refractivity contribution in [1.29, 1.82) is 0 Å². The SMILES string of the molecule is Cc1ccc(NC(=O)CN(C)CCc2ccncc2)cc1F. The van der Waals surface area contributed by atoms with Gasteiger partial charge < -0.3 is 5.32 Å². The van der Waals surface area contributed by atoms with Gasteiger partial charge in [0.05, 0.1) is 6.54 Å². The molecule has 0 aliphatic rings. The van der Waals surface area contributed by atoms with E-state index < -0.39 is 0 Å². The Hall–Kier alpha value is -2.27. The van der Waals surface area contributed by atoms with Gasteiger partial charge in [0, 0.05) is 24.6 Å². The normalized spacial score (nSPS) is 10.7. The molecule has 0 atom stereocenters. The molecular weight excluding hydrogens is 281 g/mol. The first-order chi connectivity index (χ1) is 10.5. The average molecular weight is 301 g/mol. The van der Waals surface area contributed by atoms with E-state index in [0.717, 1.165) is 13.0 Å². The molecule has 1 heterocycles. The summed E-state index contributed by atoms with van der Waals surface area (Å²) in [5.41, 5.74) is 2.23. The fraction of sp³-hybridized carbons (Fsp3) is 0.294. The first kappa shape index (κ1) is 16.1. The Labute approximate surface area is 130 Å². The topological polar surface area (TPSA) is 45.2 Å². The van der Waals surface area contributed by atoms with Gasteiger partial charge in [0.2, 0.25) is 5.91 Å². The van der Waals surface area contributed by atoms with E-state index in [9.17, 15) is 9.18 Å². The summed E-state index contributed by atoms with van der Waals surface area (Å²) in [6, 6.07) is 8.61. The van der Waals surface area contributed by atoms with Crippen LogP contribution in [0, 0.1) is 12.7 Å². The molecule has 1 amide bonds. The number of carbonyl (C=O) groups is 1. The molecule has 116 valence electrons. The molecule has 0 saturated carbocycles. The lowest BCUT2D eigenvalue weighted by atomic mass is 10.2. The summed E-state index contributed by atoms with van der Waals surface area (Å²) in [5.74, 6) is -0.468. The second-order valence-corrected chi connectivity index (χ2v) is 5.36. The number of aromatic nitrogens is 1. The van der Waals surface area contributed by atoms with Crippen LogP contribution in [-0.2, 0) is 11.2 Å². The molecule has 1 N–H and O–H groups in total. The fourth-order valence-corrected chi connectivity index (χ4v) is 2.06. The predicted molar refractivity (Wildman–Crippen MR) is 85.2 cm³/mol. The molecule has 1 aromatic heterocycles. The van der Waals surface area contributed by atoms with E-state index in [0.29, 0.717) is 11.3 Å². The molecule has 0 radical (unpaired) electrons. The molecule has 5 heteroatoms. The maximum atomic E-state index is 13.4. The van der Waals surface area contributed by atoms with Crippen LogP contribution < -0.4 is 5.32 Å². The Morgan fingerprint density at radius 3 is 2.68 bits per heavy atom. The van der Waals surface area contributed by atoms with Crippen LogP contribution in [0.5, 0.6) is 0 Å². The number of nitrogens with zero attached hydrogens (tertiary/aromatic N) is 2. The Balaban J connectivity index is 1.79. The van der Waals surface area contributed by atoms with Gasteiger partial charge in [0.25, 0.3) is 0 Å². The number of hydrogen-bond donors (Lipinski definition) is 1. The summed E-state index contributed by atoms with van der Waals surface area (Å²) in [4.78, 5) is 17.8. The van der Waals surface area contributed by atoms with E-state index in [1.165, 1.54) is 11.6 Å². The molecular formula is C17H20FN3O. The van der Waals surface area contributed by atoms with E-state index >= 15 is 0 Å². The fourth-order valence-electron chi connectivity index (χ4n) is 2.06. The van der Waals surface area contributed by atoms with E-state index in [2.05, 4.69) is 10.3 Å². The highest BCUT2D eigenvalue weighted by Crippen LogP contribution is 2.13. The van der Waals surface area contributed by atoms with Crippen molar-refractivity contribution in [1.82, 2.24) is 9.88 Å². The summed E-state index contributed by atoms with van der Waals surface area (Å²) in [6.45, 7) is 2.72. The van der Waals surface area contributed by atoms with Crippen LogP contribution >= 0.6 is 0 Å². The standard InChI is InChI=1S/C17H20FN3O/c1-13-3-4-15(11-16(13)18)20-17(22)12-21(2)10-7-14-5-8-19-9-6-14/h3-6,8-9,11H,7,10,12H2,1-2H3,(H,20,22). The second kappa shape index (κ2) is 7.66. The van der Waals surface area contributed by atoms with Crippen LogP contribution in [0.3, 0.4) is 0 Å². The second-order valence-electron chi connectivity index (χ2n) is 5.36.